The highest BCUT2D eigenvalue weighted by Gasteiger charge is 2.20. The number of carbonyl (C=O) groups is 1. The van der Waals surface area contributed by atoms with E-state index < -0.39 is 9.84 Å². The molecule has 14 heteroatoms. The lowest BCUT2D eigenvalue weighted by Crippen LogP contribution is -2.25. The summed E-state index contributed by atoms with van der Waals surface area (Å²) in [6, 6.07) is 15.1. The summed E-state index contributed by atoms with van der Waals surface area (Å²) in [5, 5.41) is 23.4. The molecule has 0 aliphatic heterocycles. The van der Waals surface area contributed by atoms with Gasteiger partial charge in [0, 0.05) is 44.1 Å². The first kappa shape index (κ1) is 35.8. The van der Waals surface area contributed by atoms with Crippen molar-refractivity contribution in [2.24, 2.45) is 30.0 Å². The molecule has 258 valence electrons. The van der Waals surface area contributed by atoms with E-state index in [1.165, 1.54) is 26.0 Å². The second-order valence-corrected chi connectivity index (χ2v) is 16.8. The lowest BCUT2D eigenvalue weighted by molar-refractivity contribution is -0.114. The van der Waals surface area contributed by atoms with Crippen molar-refractivity contribution in [2.45, 2.75) is 88.3 Å². The molecule has 6 rings (SSSR count). The SMILES string of the molecule is CC(=O)Nc1ccc(-c2nn(C)c(=NC3CCCC(O)C3)s2)cc1.CC1CCCC(N=c2sc(-c3ccc(S(C)(=O)=O)cc3)nn2C)C1. The molecule has 0 radical (unpaired) electrons. The van der Waals surface area contributed by atoms with Crippen LogP contribution >= 0.6 is 22.7 Å². The topological polar surface area (TPSA) is 144 Å². The summed E-state index contributed by atoms with van der Waals surface area (Å²) in [7, 11) is 0.635. The van der Waals surface area contributed by atoms with Crippen molar-refractivity contribution in [2.75, 3.05) is 11.6 Å². The minimum Gasteiger partial charge on any atom is -0.393 e. The van der Waals surface area contributed by atoms with Crippen LogP contribution in [0.3, 0.4) is 0 Å². The minimum atomic E-state index is -3.17. The average molecular weight is 712 g/mol. The van der Waals surface area contributed by atoms with Gasteiger partial charge in [-0.25, -0.2) is 17.8 Å². The number of carbonyl (C=O) groups excluding carboxylic acids is 1. The number of nitrogens with one attached hydrogen (secondary N) is 1. The predicted molar refractivity (Wildman–Crippen MR) is 191 cm³/mol. The van der Waals surface area contributed by atoms with Crippen LogP contribution in [0.4, 0.5) is 5.69 Å². The third kappa shape index (κ3) is 9.80. The molecule has 2 aromatic carbocycles. The Hall–Kier alpha value is -3.46. The van der Waals surface area contributed by atoms with Gasteiger partial charge in [0.05, 0.1) is 23.1 Å². The summed E-state index contributed by atoms with van der Waals surface area (Å²) >= 11 is 3.10. The third-order valence-electron chi connectivity index (χ3n) is 8.51. The normalized spacial score (nSPS) is 22.2. The molecule has 2 saturated carbocycles. The number of aliphatic hydroxyl groups is 1. The average Bonchev–Trinajstić information content (AvgIpc) is 3.58. The van der Waals surface area contributed by atoms with E-state index in [0.717, 1.165) is 80.9 Å². The van der Waals surface area contributed by atoms with E-state index in [-0.39, 0.29) is 18.1 Å². The van der Waals surface area contributed by atoms with Crippen molar-refractivity contribution >= 4 is 44.1 Å². The van der Waals surface area contributed by atoms with Crippen molar-refractivity contribution in [3.8, 4) is 21.1 Å². The Balaban J connectivity index is 0.000000188. The van der Waals surface area contributed by atoms with Gasteiger partial charge in [-0.3, -0.25) is 14.8 Å². The fourth-order valence-corrected chi connectivity index (χ4v) is 8.55. The maximum Gasteiger partial charge on any atom is 0.221 e. The zero-order chi connectivity index (χ0) is 34.4. The first-order chi connectivity index (χ1) is 22.8. The summed E-state index contributed by atoms with van der Waals surface area (Å²) in [4.78, 5) is 22.9. The van der Waals surface area contributed by atoms with E-state index in [1.807, 2.05) is 55.2 Å². The Labute approximate surface area is 290 Å². The van der Waals surface area contributed by atoms with Crippen LogP contribution in [0.25, 0.3) is 21.1 Å². The third-order valence-corrected chi connectivity index (χ3v) is 11.8. The van der Waals surface area contributed by atoms with Crippen molar-refractivity contribution < 1.29 is 18.3 Å². The van der Waals surface area contributed by atoms with Gasteiger partial charge in [0.1, 0.15) is 10.0 Å². The lowest BCUT2D eigenvalue weighted by Gasteiger charge is -2.23. The number of anilines is 1. The number of rotatable bonds is 6. The molecule has 11 nitrogen and oxygen atoms in total. The molecule has 48 heavy (non-hydrogen) atoms. The Kier molecular flexibility index (Phi) is 11.8. The molecular weight excluding hydrogens is 667 g/mol. The lowest BCUT2D eigenvalue weighted by atomic mass is 9.87. The van der Waals surface area contributed by atoms with Crippen molar-refractivity contribution in [3.63, 3.8) is 0 Å². The highest BCUT2D eigenvalue weighted by atomic mass is 32.2. The van der Waals surface area contributed by atoms with Gasteiger partial charge in [-0.05, 0) is 80.8 Å². The summed E-state index contributed by atoms with van der Waals surface area (Å²) in [5.74, 6) is 0.660. The van der Waals surface area contributed by atoms with Crippen LogP contribution in [0.15, 0.2) is 63.4 Å². The van der Waals surface area contributed by atoms with E-state index in [4.69, 9.17) is 9.98 Å². The Morgan fingerprint density at radius 1 is 0.833 bits per heavy atom. The second-order valence-electron chi connectivity index (χ2n) is 12.8. The van der Waals surface area contributed by atoms with Crippen LogP contribution < -0.4 is 14.9 Å². The number of aromatic nitrogens is 4. The van der Waals surface area contributed by atoms with E-state index in [1.54, 1.807) is 39.5 Å². The number of nitrogens with zero attached hydrogens (tertiary/aromatic N) is 6. The number of hydrogen-bond acceptors (Lipinski definition) is 10. The number of aliphatic hydroxyl groups excluding tert-OH is 1. The van der Waals surface area contributed by atoms with Crippen molar-refractivity contribution in [3.05, 3.63) is 58.1 Å². The largest absolute Gasteiger partial charge is 0.393 e. The standard InChI is InChI=1S/C17H22N4O2S.C17H23N3O2S2/c1-11(22)18-13-8-6-12(7-9-13)16-20-21(2)17(24-16)19-14-4-3-5-15(23)10-14;1-12-5-4-6-14(11-12)18-17-20(2)19-16(23-17)13-7-9-15(10-8-13)24(3,21)22/h6-9,14-15,23H,3-5,10H2,1-2H3,(H,18,22);7-10,12,14H,4-6,11H2,1-3H3. The van der Waals surface area contributed by atoms with Gasteiger partial charge in [0.2, 0.25) is 15.5 Å². The molecule has 0 spiro atoms. The molecule has 2 N–H and O–H groups in total. The molecule has 2 aliphatic carbocycles. The molecule has 2 heterocycles. The van der Waals surface area contributed by atoms with E-state index in [0.29, 0.717) is 10.9 Å². The Morgan fingerprint density at radius 3 is 1.81 bits per heavy atom. The zero-order valence-corrected chi connectivity index (χ0v) is 30.6. The van der Waals surface area contributed by atoms with E-state index in [2.05, 4.69) is 22.4 Å². The molecule has 4 unspecified atom stereocenters. The molecular formula is C34H45N7O4S3. The molecule has 2 fully saturated rings. The quantitative estimate of drug-likeness (QED) is 0.276. The summed E-state index contributed by atoms with van der Waals surface area (Å²) in [6.45, 7) is 3.79. The minimum absolute atomic E-state index is 0.0841. The van der Waals surface area contributed by atoms with Crippen LogP contribution in [-0.4, -0.2) is 63.4 Å². The first-order valence-corrected chi connectivity index (χ1v) is 19.9. The van der Waals surface area contributed by atoms with Gasteiger partial charge in [0.15, 0.2) is 9.84 Å². The maximum atomic E-state index is 11.6. The number of sulfone groups is 1. The first-order valence-electron chi connectivity index (χ1n) is 16.4. The van der Waals surface area contributed by atoms with Gasteiger partial charge in [-0.15, -0.1) is 0 Å². The number of amides is 1. The van der Waals surface area contributed by atoms with Crippen LogP contribution in [0.2, 0.25) is 0 Å². The Bertz CT molecular complexity index is 1940. The summed E-state index contributed by atoms with van der Waals surface area (Å²) in [6.07, 6.45) is 9.50. The molecule has 0 bridgehead atoms. The number of aryl methyl sites for hydroxylation is 2. The van der Waals surface area contributed by atoms with Crippen molar-refractivity contribution in [1.82, 2.24) is 19.6 Å². The number of benzene rings is 2. The van der Waals surface area contributed by atoms with Crippen LogP contribution in [-0.2, 0) is 28.7 Å². The van der Waals surface area contributed by atoms with Gasteiger partial charge < -0.3 is 10.4 Å². The van der Waals surface area contributed by atoms with Gasteiger partial charge in [-0.1, -0.05) is 54.6 Å². The van der Waals surface area contributed by atoms with Gasteiger partial charge in [0.25, 0.3) is 0 Å². The molecule has 2 aliphatic rings. The van der Waals surface area contributed by atoms with Crippen LogP contribution in [0.1, 0.15) is 65.2 Å². The molecule has 1 amide bonds. The summed E-state index contributed by atoms with van der Waals surface area (Å²) < 4.78 is 26.7. The maximum absolute atomic E-state index is 11.6. The van der Waals surface area contributed by atoms with Crippen LogP contribution in [0.5, 0.6) is 0 Å². The predicted octanol–water partition coefficient (Wildman–Crippen LogP) is 5.34. The van der Waals surface area contributed by atoms with Gasteiger partial charge in [-0.2, -0.15) is 10.2 Å². The highest BCUT2D eigenvalue weighted by molar-refractivity contribution is 7.90. The molecule has 2 aromatic heterocycles. The van der Waals surface area contributed by atoms with E-state index in [9.17, 15) is 18.3 Å². The van der Waals surface area contributed by atoms with E-state index >= 15 is 0 Å². The van der Waals surface area contributed by atoms with Crippen LogP contribution in [0, 0.1) is 5.92 Å². The smallest absolute Gasteiger partial charge is 0.221 e. The number of hydrogen-bond donors (Lipinski definition) is 2. The fourth-order valence-electron chi connectivity index (χ4n) is 5.99. The van der Waals surface area contributed by atoms with Gasteiger partial charge >= 0.3 is 0 Å². The summed E-state index contributed by atoms with van der Waals surface area (Å²) in [5.41, 5.74) is 2.68. The fraction of sp³-hybridized carbons (Fsp3) is 0.500. The monoisotopic (exact) mass is 711 g/mol. The highest BCUT2D eigenvalue weighted by Crippen LogP contribution is 2.27. The molecule has 4 atom stereocenters. The Morgan fingerprint density at radius 2 is 1.33 bits per heavy atom. The second kappa shape index (κ2) is 15.8. The zero-order valence-electron chi connectivity index (χ0n) is 28.2. The molecule has 0 saturated heterocycles. The van der Waals surface area contributed by atoms with Crippen molar-refractivity contribution in [1.29, 1.82) is 0 Å². The molecule has 4 aromatic rings.